The molecule has 1 N–H and O–H groups in total. The number of aryl methyl sites for hydroxylation is 2. The van der Waals surface area contributed by atoms with Crippen LogP contribution in [0.15, 0.2) is 72.3 Å². The van der Waals surface area contributed by atoms with Crippen molar-refractivity contribution in [2.75, 3.05) is 11.5 Å². The SMILES string of the molecule is CCOc1cc(/C=C2\C(=O)NC(=O)N(c3ccc(C)cc3)C2=O)ccc1OC(=O)c1ccc(C)cc1. The smallest absolute Gasteiger partial charge is 0.343 e. The standard InChI is InChI=1S/C28H24N2O6/c1-4-35-24-16-19(9-14-23(24)36-27(33)20-10-5-17(2)6-11-20)15-22-25(31)29-28(34)30(26(22)32)21-12-7-18(3)8-13-21/h5-16H,4H2,1-3H3,(H,29,31,34)/b22-15+. The quantitative estimate of drug-likeness (QED) is 0.238. The Morgan fingerprint density at radius 3 is 2.17 bits per heavy atom. The van der Waals surface area contributed by atoms with Gasteiger partial charge in [-0.25, -0.2) is 14.5 Å². The number of ether oxygens (including phenoxy) is 2. The molecule has 0 unspecified atom stereocenters. The van der Waals surface area contributed by atoms with Gasteiger partial charge in [0.1, 0.15) is 5.57 Å². The fourth-order valence-electron chi connectivity index (χ4n) is 3.57. The second kappa shape index (κ2) is 10.3. The van der Waals surface area contributed by atoms with E-state index < -0.39 is 23.8 Å². The Labute approximate surface area is 208 Å². The number of rotatable bonds is 6. The van der Waals surface area contributed by atoms with Gasteiger partial charge in [-0.15, -0.1) is 0 Å². The zero-order valence-corrected chi connectivity index (χ0v) is 20.0. The highest BCUT2D eigenvalue weighted by Gasteiger charge is 2.36. The molecule has 0 atom stereocenters. The molecule has 8 heteroatoms. The second-order valence-electron chi connectivity index (χ2n) is 8.19. The van der Waals surface area contributed by atoms with E-state index in [2.05, 4.69) is 5.32 Å². The Morgan fingerprint density at radius 1 is 0.889 bits per heavy atom. The van der Waals surface area contributed by atoms with E-state index in [-0.39, 0.29) is 17.1 Å². The lowest BCUT2D eigenvalue weighted by Crippen LogP contribution is -2.54. The summed E-state index contributed by atoms with van der Waals surface area (Å²) in [7, 11) is 0. The minimum atomic E-state index is -0.820. The number of esters is 1. The molecule has 0 bridgehead atoms. The maximum absolute atomic E-state index is 13.1. The van der Waals surface area contributed by atoms with Gasteiger partial charge in [0.05, 0.1) is 17.9 Å². The molecular weight excluding hydrogens is 460 g/mol. The van der Waals surface area contributed by atoms with E-state index in [0.29, 0.717) is 23.4 Å². The molecule has 0 radical (unpaired) electrons. The zero-order valence-electron chi connectivity index (χ0n) is 20.0. The summed E-state index contributed by atoms with van der Waals surface area (Å²) in [6.07, 6.45) is 1.36. The molecule has 0 aliphatic carbocycles. The first-order chi connectivity index (χ1) is 17.3. The predicted molar refractivity (Wildman–Crippen MR) is 134 cm³/mol. The van der Waals surface area contributed by atoms with Crippen LogP contribution in [-0.4, -0.2) is 30.4 Å². The summed E-state index contributed by atoms with van der Waals surface area (Å²) >= 11 is 0. The molecule has 36 heavy (non-hydrogen) atoms. The van der Waals surface area contributed by atoms with Crippen molar-refractivity contribution in [3.63, 3.8) is 0 Å². The number of nitrogens with one attached hydrogen (secondary N) is 1. The topological polar surface area (TPSA) is 102 Å². The van der Waals surface area contributed by atoms with E-state index in [1.165, 1.54) is 12.1 Å². The Bertz CT molecular complexity index is 1370. The van der Waals surface area contributed by atoms with Crippen molar-refractivity contribution in [2.24, 2.45) is 0 Å². The highest BCUT2D eigenvalue weighted by atomic mass is 16.6. The molecule has 3 aromatic rings. The molecule has 0 aromatic heterocycles. The van der Waals surface area contributed by atoms with Gasteiger partial charge >= 0.3 is 12.0 Å². The van der Waals surface area contributed by atoms with E-state index in [1.54, 1.807) is 55.5 Å². The van der Waals surface area contributed by atoms with Crippen LogP contribution in [0.3, 0.4) is 0 Å². The monoisotopic (exact) mass is 484 g/mol. The van der Waals surface area contributed by atoms with E-state index in [9.17, 15) is 19.2 Å². The highest BCUT2D eigenvalue weighted by Crippen LogP contribution is 2.31. The fourth-order valence-corrected chi connectivity index (χ4v) is 3.57. The molecule has 8 nitrogen and oxygen atoms in total. The number of urea groups is 1. The molecule has 0 spiro atoms. The van der Waals surface area contributed by atoms with Crippen molar-refractivity contribution in [3.05, 3.63) is 94.6 Å². The van der Waals surface area contributed by atoms with Crippen LogP contribution < -0.4 is 19.7 Å². The van der Waals surface area contributed by atoms with Crippen LogP contribution in [0, 0.1) is 13.8 Å². The van der Waals surface area contributed by atoms with Gasteiger partial charge in [-0.1, -0.05) is 41.5 Å². The van der Waals surface area contributed by atoms with Gasteiger partial charge in [0.2, 0.25) is 0 Å². The van der Waals surface area contributed by atoms with Gasteiger partial charge in [0, 0.05) is 0 Å². The number of hydrogen-bond acceptors (Lipinski definition) is 6. The Hall–Kier alpha value is -4.72. The molecule has 4 rings (SSSR count). The maximum atomic E-state index is 13.1. The number of hydrogen-bond donors (Lipinski definition) is 1. The molecule has 0 saturated carbocycles. The van der Waals surface area contributed by atoms with Gasteiger partial charge in [0.15, 0.2) is 11.5 Å². The first-order valence-corrected chi connectivity index (χ1v) is 11.3. The molecule has 4 amide bonds. The minimum Gasteiger partial charge on any atom is -0.490 e. The third-order valence-corrected chi connectivity index (χ3v) is 5.46. The summed E-state index contributed by atoms with van der Waals surface area (Å²) in [6, 6.07) is 17.6. The van der Waals surface area contributed by atoms with Gasteiger partial charge < -0.3 is 9.47 Å². The summed E-state index contributed by atoms with van der Waals surface area (Å²) in [5, 5.41) is 2.20. The fraction of sp³-hybridized carbons (Fsp3) is 0.143. The highest BCUT2D eigenvalue weighted by molar-refractivity contribution is 6.39. The summed E-state index contributed by atoms with van der Waals surface area (Å²) in [5.74, 6) is -1.64. The van der Waals surface area contributed by atoms with Crippen LogP contribution in [0.5, 0.6) is 11.5 Å². The van der Waals surface area contributed by atoms with Crippen molar-refractivity contribution in [2.45, 2.75) is 20.8 Å². The lowest BCUT2D eigenvalue weighted by molar-refractivity contribution is -0.122. The number of carbonyl (C=O) groups is 4. The number of benzene rings is 3. The molecule has 3 aromatic carbocycles. The van der Waals surface area contributed by atoms with Crippen molar-refractivity contribution >= 4 is 35.6 Å². The van der Waals surface area contributed by atoms with Gasteiger partial charge in [-0.05, 0) is 68.8 Å². The third-order valence-electron chi connectivity index (χ3n) is 5.46. The number of anilines is 1. The predicted octanol–water partition coefficient (Wildman–Crippen LogP) is 4.59. The molecule has 1 fully saturated rings. The Kier molecular flexibility index (Phi) is 6.96. The lowest BCUT2D eigenvalue weighted by Gasteiger charge is -2.26. The summed E-state index contributed by atoms with van der Waals surface area (Å²) in [6.45, 7) is 5.88. The average Bonchev–Trinajstić information content (AvgIpc) is 2.85. The Morgan fingerprint density at radius 2 is 1.53 bits per heavy atom. The van der Waals surface area contributed by atoms with Crippen molar-refractivity contribution in [1.82, 2.24) is 5.32 Å². The van der Waals surface area contributed by atoms with Crippen LogP contribution in [0.1, 0.15) is 34.0 Å². The average molecular weight is 485 g/mol. The largest absolute Gasteiger partial charge is 0.490 e. The molecule has 1 saturated heterocycles. The first-order valence-electron chi connectivity index (χ1n) is 11.3. The van der Waals surface area contributed by atoms with Crippen molar-refractivity contribution < 1.29 is 28.7 Å². The van der Waals surface area contributed by atoms with Crippen molar-refractivity contribution in [1.29, 1.82) is 0 Å². The summed E-state index contributed by atoms with van der Waals surface area (Å²) < 4.78 is 11.2. The lowest BCUT2D eigenvalue weighted by atomic mass is 10.1. The van der Waals surface area contributed by atoms with E-state index in [4.69, 9.17) is 9.47 Å². The minimum absolute atomic E-state index is 0.195. The molecule has 1 aliphatic rings. The van der Waals surface area contributed by atoms with E-state index >= 15 is 0 Å². The van der Waals surface area contributed by atoms with Crippen LogP contribution in [-0.2, 0) is 9.59 Å². The number of barbiturate groups is 1. The first kappa shape index (κ1) is 24.4. The van der Waals surface area contributed by atoms with Crippen LogP contribution in [0.25, 0.3) is 6.08 Å². The van der Waals surface area contributed by atoms with E-state index in [1.807, 2.05) is 26.0 Å². The summed E-state index contributed by atoms with van der Waals surface area (Å²) in [4.78, 5) is 51.5. The van der Waals surface area contributed by atoms with Gasteiger partial charge in [-0.2, -0.15) is 0 Å². The van der Waals surface area contributed by atoms with Crippen LogP contribution >= 0.6 is 0 Å². The van der Waals surface area contributed by atoms with Crippen molar-refractivity contribution in [3.8, 4) is 11.5 Å². The number of nitrogens with zero attached hydrogens (tertiary/aromatic N) is 1. The maximum Gasteiger partial charge on any atom is 0.343 e. The Balaban J connectivity index is 1.63. The third kappa shape index (κ3) is 5.17. The zero-order chi connectivity index (χ0) is 25.8. The van der Waals surface area contributed by atoms with Crippen LogP contribution in [0.4, 0.5) is 10.5 Å². The van der Waals surface area contributed by atoms with Crippen LogP contribution in [0.2, 0.25) is 0 Å². The summed E-state index contributed by atoms with van der Waals surface area (Å²) in [5.41, 5.74) is 2.94. The van der Waals surface area contributed by atoms with Gasteiger partial charge in [-0.3, -0.25) is 14.9 Å². The number of carbonyl (C=O) groups excluding carboxylic acids is 4. The molecule has 1 aliphatic heterocycles. The number of amides is 4. The normalized spacial score (nSPS) is 14.6. The number of imide groups is 2. The molecule has 1 heterocycles. The molecular formula is C28H24N2O6. The van der Waals surface area contributed by atoms with E-state index in [0.717, 1.165) is 16.0 Å². The molecule has 182 valence electrons. The van der Waals surface area contributed by atoms with Gasteiger partial charge in [0.25, 0.3) is 11.8 Å². The second-order valence-corrected chi connectivity index (χ2v) is 8.19.